The molecule has 0 aliphatic carbocycles. The van der Waals surface area contributed by atoms with E-state index in [9.17, 15) is 4.79 Å². The van der Waals surface area contributed by atoms with E-state index in [-0.39, 0.29) is 5.91 Å². The number of para-hydroxylation sites is 1. The normalized spacial score (nSPS) is 14.8. The lowest BCUT2D eigenvalue weighted by Crippen LogP contribution is -2.04. The average molecular weight is 300 g/mol. The summed E-state index contributed by atoms with van der Waals surface area (Å²) >= 11 is 0. The van der Waals surface area contributed by atoms with Crippen LogP contribution in [0, 0.1) is 0 Å². The smallest absolute Gasteiger partial charge is 0.256 e. The molecule has 0 atom stereocenters. The molecule has 112 valence electrons. The van der Waals surface area contributed by atoms with Gasteiger partial charge in [-0.25, -0.2) is 0 Å². The van der Waals surface area contributed by atoms with Gasteiger partial charge in [0, 0.05) is 29.7 Å². The SMILES string of the molecule is Cn1c(/C=C2/C(=O)Nc3ccccc32)ccc1-c1ccccc1. The molecule has 1 aliphatic heterocycles. The van der Waals surface area contributed by atoms with E-state index in [0.717, 1.165) is 28.2 Å². The van der Waals surface area contributed by atoms with Crippen LogP contribution in [-0.4, -0.2) is 10.5 Å². The molecule has 0 saturated heterocycles. The maximum absolute atomic E-state index is 12.2. The highest BCUT2D eigenvalue weighted by Crippen LogP contribution is 2.33. The van der Waals surface area contributed by atoms with Crippen LogP contribution in [0.3, 0.4) is 0 Å². The van der Waals surface area contributed by atoms with E-state index in [1.807, 2.05) is 61.7 Å². The fourth-order valence-electron chi connectivity index (χ4n) is 3.00. The summed E-state index contributed by atoms with van der Waals surface area (Å²) in [5.41, 5.74) is 5.84. The second-order valence-electron chi connectivity index (χ2n) is 5.63. The van der Waals surface area contributed by atoms with Crippen molar-refractivity contribution in [1.29, 1.82) is 0 Å². The van der Waals surface area contributed by atoms with Crippen molar-refractivity contribution in [1.82, 2.24) is 4.57 Å². The predicted octanol–water partition coefficient (Wildman–Crippen LogP) is 4.18. The number of rotatable bonds is 2. The maximum Gasteiger partial charge on any atom is 0.256 e. The minimum Gasteiger partial charge on any atom is -0.344 e. The summed E-state index contributed by atoms with van der Waals surface area (Å²) in [4.78, 5) is 12.2. The third-order valence-electron chi connectivity index (χ3n) is 4.23. The summed E-state index contributed by atoms with van der Waals surface area (Å²) in [5.74, 6) is -0.0475. The number of nitrogens with one attached hydrogen (secondary N) is 1. The van der Waals surface area contributed by atoms with Gasteiger partial charge in [0.1, 0.15) is 0 Å². The molecular weight excluding hydrogens is 284 g/mol. The molecule has 1 aliphatic rings. The molecule has 3 nitrogen and oxygen atoms in total. The molecule has 0 radical (unpaired) electrons. The largest absolute Gasteiger partial charge is 0.344 e. The third-order valence-corrected chi connectivity index (χ3v) is 4.23. The molecule has 4 rings (SSSR count). The Kier molecular flexibility index (Phi) is 3.12. The molecule has 2 heterocycles. The predicted molar refractivity (Wildman–Crippen MR) is 93.8 cm³/mol. The summed E-state index contributed by atoms with van der Waals surface area (Å²) in [7, 11) is 2.02. The van der Waals surface area contributed by atoms with Gasteiger partial charge >= 0.3 is 0 Å². The highest BCUT2D eigenvalue weighted by Gasteiger charge is 2.23. The number of aromatic nitrogens is 1. The second-order valence-corrected chi connectivity index (χ2v) is 5.63. The van der Waals surface area contributed by atoms with Gasteiger partial charge in [0.2, 0.25) is 0 Å². The van der Waals surface area contributed by atoms with E-state index in [1.165, 1.54) is 0 Å². The Morgan fingerprint density at radius 3 is 2.48 bits per heavy atom. The zero-order valence-electron chi connectivity index (χ0n) is 12.8. The quantitative estimate of drug-likeness (QED) is 0.708. The van der Waals surface area contributed by atoms with Crippen molar-refractivity contribution in [2.75, 3.05) is 5.32 Å². The number of benzene rings is 2. The van der Waals surface area contributed by atoms with Crippen molar-refractivity contribution in [2.24, 2.45) is 7.05 Å². The van der Waals surface area contributed by atoms with Gasteiger partial charge in [-0.1, -0.05) is 48.5 Å². The lowest BCUT2D eigenvalue weighted by Gasteiger charge is -2.06. The standard InChI is InChI=1S/C20H16N2O/c1-22-15(11-12-19(22)14-7-3-2-4-8-14)13-17-16-9-5-6-10-18(16)21-20(17)23/h2-13H,1H3,(H,21,23)/b17-13+. The molecule has 1 amide bonds. The molecule has 3 heteroatoms. The molecule has 0 fully saturated rings. The number of carbonyl (C=O) groups excluding carboxylic acids is 1. The molecule has 0 bridgehead atoms. The lowest BCUT2D eigenvalue weighted by molar-refractivity contribution is -0.110. The van der Waals surface area contributed by atoms with Gasteiger partial charge in [-0.15, -0.1) is 0 Å². The number of carbonyl (C=O) groups is 1. The Morgan fingerprint density at radius 1 is 0.913 bits per heavy atom. The van der Waals surface area contributed by atoms with Crippen LogP contribution in [0.15, 0.2) is 66.7 Å². The molecule has 1 aromatic heterocycles. The Labute approximate surface area is 134 Å². The van der Waals surface area contributed by atoms with E-state index in [0.29, 0.717) is 5.57 Å². The van der Waals surface area contributed by atoms with Crippen LogP contribution in [0.4, 0.5) is 5.69 Å². The van der Waals surface area contributed by atoms with Crippen LogP contribution in [0.5, 0.6) is 0 Å². The Hall–Kier alpha value is -3.07. The Bertz CT molecular complexity index is 920. The second kappa shape index (κ2) is 5.29. The van der Waals surface area contributed by atoms with Crippen LogP contribution in [0.2, 0.25) is 0 Å². The summed E-state index contributed by atoms with van der Waals surface area (Å²) in [6.45, 7) is 0. The minimum atomic E-state index is -0.0475. The molecule has 3 aromatic rings. The van der Waals surface area contributed by atoms with E-state index >= 15 is 0 Å². The zero-order valence-corrected chi connectivity index (χ0v) is 12.8. The molecular formula is C20H16N2O. The first kappa shape index (κ1) is 13.6. The average Bonchev–Trinajstić information content (AvgIpc) is 3.10. The number of hydrogen-bond donors (Lipinski definition) is 1. The van der Waals surface area contributed by atoms with Crippen LogP contribution in [-0.2, 0) is 11.8 Å². The van der Waals surface area contributed by atoms with Crippen molar-refractivity contribution in [3.05, 3.63) is 78.0 Å². The van der Waals surface area contributed by atoms with Crippen molar-refractivity contribution >= 4 is 23.2 Å². The van der Waals surface area contributed by atoms with E-state index in [1.54, 1.807) is 0 Å². The van der Waals surface area contributed by atoms with Gasteiger partial charge in [0.25, 0.3) is 5.91 Å². The van der Waals surface area contributed by atoms with Crippen molar-refractivity contribution in [3.63, 3.8) is 0 Å². The van der Waals surface area contributed by atoms with Gasteiger partial charge in [-0.2, -0.15) is 0 Å². The Balaban J connectivity index is 1.79. The molecule has 1 N–H and O–H groups in total. The fraction of sp³-hybridized carbons (Fsp3) is 0.0500. The molecule has 0 spiro atoms. The number of hydrogen-bond acceptors (Lipinski definition) is 1. The van der Waals surface area contributed by atoms with Crippen molar-refractivity contribution in [3.8, 4) is 11.3 Å². The lowest BCUT2D eigenvalue weighted by atomic mass is 10.1. The summed E-state index contributed by atoms with van der Waals surface area (Å²) in [5, 5.41) is 2.91. The number of fused-ring (bicyclic) bond motifs is 1. The highest BCUT2D eigenvalue weighted by atomic mass is 16.2. The van der Waals surface area contributed by atoms with Crippen LogP contribution >= 0.6 is 0 Å². The van der Waals surface area contributed by atoms with Crippen molar-refractivity contribution in [2.45, 2.75) is 0 Å². The first-order chi connectivity index (χ1) is 11.2. The van der Waals surface area contributed by atoms with Crippen LogP contribution in [0.1, 0.15) is 11.3 Å². The van der Waals surface area contributed by atoms with Gasteiger partial charge in [-0.3, -0.25) is 4.79 Å². The van der Waals surface area contributed by atoms with E-state index in [4.69, 9.17) is 0 Å². The summed E-state index contributed by atoms with van der Waals surface area (Å²) in [6, 6.07) is 22.1. The first-order valence-electron chi connectivity index (χ1n) is 7.57. The number of nitrogens with zero attached hydrogens (tertiary/aromatic N) is 1. The Morgan fingerprint density at radius 2 is 1.65 bits per heavy atom. The topological polar surface area (TPSA) is 34.0 Å². The van der Waals surface area contributed by atoms with Gasteiger partial charge in [0.05, 0.1) is 5.57 Å². The summed E-state index contributed by atoms with van der Waals surface area (Å²) < 4.78 is 2.11. The molecule has 2 aromatic carbocycles. The molecule has 0 saturated carbocycles. The van der Waals surface area contributed by atoms with Crippen LogP contribution < -0.4 is 5.32 Å². The highest BCUT2D eigenvalue weighted by molar-refractivity contribution is 6.34. The minimum absolute atomic E-state index is 0.0475. The molecule has 0 unspecified atom stereocenters. The molecule has 23 heavy (non-hydrogen) atoms. The zero-order chi connectivity index (χ0) is 15.8. The number of anilines is 1. The third kappa shape index (κ3) is 2.27. The van der Waals surface area contributed by atoms with Gasteiger partial charge in [0.15, 0.2) is 0 Å². The maximum atomic E-state index is 12.2. The van der Waals surface area contributed by atoms with E-state index < -0.39 is 0 Å². The first-order valence-corrected chi connectivity index (χ1v) is 7.57. The fourth-order valence-corrected chi connectivity index (χ4v) is 3.00. The van der Waals surface area contributed by atoms with E-state index in [2.05, 4.69) is 28.1 Å². The summed E-state index contributed by atoms with van der Waals surface area (Å²) in [6.07, 6.45) is 1.95. The van der Waals surface area contributed by atoms with Crippen molar-refractivity contribution < 1.29 is 4.79 Å². The number of amides is 1. The van der Waals surface area contributed by atoms with Gasteiger partial charge in [-0.05, 0) is 29.8 Å². The van der Waals surface area contributed by atoms with Crippen LogP contribution in [0.25, 0.3) is 22.9 Å². The monoisotopic (exact) mass is 300 g/mol. The van der Waals surface area contributed by atoms with Gasteiger partial charge < -0.3 is 9.88 Å².